The second-order valence-electron chi connectivity index (χ2n) is 4.70. The Morgan fingerprint density at radius 2 is 1.94 bits per heavy atom. The van der Waals surface area contributed by atoms with Gasteiger partial charge in [0.1, 0.15) is 0 Å². The minimum Gasteiger partial charge on any atom is -0.397 e. The van der Waals surface area contributed by atoms with Crippen molar-refractivity contribution in [2.45, 2.75) is 25.7 Å². The van der Waals surface area contributed by atoms with Crippen molar-refractivity contribution in [3.63, 3.8) is 0 Å². The number of rotatable bonds is 5. The summed E-state index contributed by atoms with van der Waals surface area (Å²) in [6, 6.07) is 4.55. The Kier molecular flexibility index (Phi) is 4.59. The minimum absolute atomic E-state index is 0.0916. The zero-order valence-electron chi connectivity index (χ0n) is 11.1. The molecule has 0 atom stereocenters. The zero-order valence-corrected chi connectivity index (χ0v) is 11.9. The molecular weight excluding hydrogens is 250 g/mol. The molecule has 1 rings (SSSR count). The average molecular weight is 271 g/mol. The van der Waals surface area contributed by atoms with E-state index >= 15 is 0 Å². The van der Waals surface area contributed by atoms with Gasteiger partial charge in [-0.05, 0) is 31.0 Å². The molecule has 0 radical (unpaired) electrons. The molecule has 0 amide bonds. The molecule has 0 aliphatic carbocycles. The number of nitrogen functional groups attached to an aromatic ring is 1. The highest BCUT2D eigenvalue weighted by Gasteiger charge is 2.14. The van der Waals surface area contributed by atoms with Crippen LogP contribution in [0.3, 0.4) is 0 Å². The molecule has 0 saturated heterocycles. The van der Waals surface area contributed by atoms with Gasteiger partial charge >= 0.3 is 0 Å². The molecule has 0 aliphatic rings. The molecule has 18 heavy (non-hydrogen) atoms. The minimum atomic E-state index is -3.69. The van der Waals surface area contributed by atoms with E-state index in [0.717, 1.165) is 18.8 Å². The van der Waals surface area contributed by atoms with Crippen LogP contribution in [0, 0.1) is 5.92 Å². The summed E-state index contributed by atoms with van der Waals surface area (Å²) < 4.78 is 22.7. The maximum Gasteiger partial charge on any atom is 0.238 e. The summed E-state index contributed by atoms with van der Waals surface area (Å²) in [5, 5.41) is 5.13. The maximum absolute atomic E-state index is 11.3. The van der Waals surface area contributed by atoms with Gasteiger partial charge in [-0.2, -0.15) is 0 Å². The molecule has 0 heterocycles. The second kappa shape index (κ2) is 5.58. The van der Waals surface area contributed by atoms with Crippen LogP contribution in [0.15, 0.2) is 23.1 Å². The quantitative estimate of drug-likeness (QED) is 0.792. The van der Waals surface area contributed by atoms with Crippen LogP contribution in [-0.2, 0) is 10.0 Å². The maximum atomic E-state index is 11.3. The van der Waals surface area contributed by atoms with Crippen molar-refractivity contribution in [2.24, 2.45) is 11.1 Å². The van der Waals surface area contributed by atoms with Gasteiger partial charge in [-0.3, -0.25) is 0 Å². The molecule has 0 saturated carbocycles. The second-order valence-corrected chi connectivity index (χ2v) is 6.26. The van der Waals surface area contributed by atoms with Crippen molar-refractivity contribution < 1.29 is 8.42 Å². The van der Waals surface area contributed by atoms with Gasteiger partial charge in [0.05, 0.1) is 16.3 Å². The van der Waals surface area contributed by atoms with Crippen molar-refractivity contribution in [2.75, 3.05) is 23.7 Å². The zero-order chi connectivity index (χ0) is 13.9. The van der Waals surface area contributed by atoms with Crippen molar-refractivity contribution in [1.29, 1.82) is 0 Å². The number of nitrogens with two attached hydrogens (primary N) is 2. The Morgan fingerprint density at radius 1 is 1.33 bits per heavy atom. The van der Waals surface area contributed by atoms with Crippen molar-refractivity contribution in [1.82, 2.24) is 0 Å². The monoisotopic (exact) mass is 271 g/mol. The summed E-state index contributed by atoms with van der Waals surface area (Å²) in [5.41, 5.74) is 7.19. The third-order valence-corrected chi connectivity index (χ3v) is 3.55. The van der Waals surface area contributed by atoms with E-state index in [4.69, 9.17) is 10.9 Å². The van der Waals surface area contributed by atoms with E-state index in [0.29, 0.717) is 11.6 Å². The summed E-state index contributed by atoms with van der Waals surface area (Å²) >= 11 is 0. The van der Waals surface area contributed by atoms with E-state index in [1.165, 1.54) is 12.1 Å². The van der Waals surface area contributed by atoms with Crippen molar-refractivity contribution in [3.8, 4) is 0 Å². The Morgan fingerprint density at radius 3 is 2.39 bits per heavy atom. The number of hydrogen-bond acceptors (Lipinski definition) is 4. The summed E-state index contributed by atoms with van der Waals surface area (Å²) in [6.45, 7) is 7.78. The van der Waals surface area contributed by atoms with Gasteiger partial charge in [-0.25, -0.2) is 13.6 Å². The largest absolute Gasteiger partial charge is 0.397 e. The Balaban J connectivity index is 3.21. The Hall–Kier alpha value is -1.27. The Bertz CT molecular complexity index is 512. The third-order valence-electron chi connectivity index (χ3n) is 2.64. The smallest absolute Gasteiger partial charge is 0.238 e. The first-order chi connectivity index (χ1) is 8.25. The molecule has 0 aromatic heterocycles. The normalized spacial score (nSPS) is 11.8. The van der Waals surface area contributed by atoms with Crippen LogP contribution in [-0.4, -0.2) is 21.5 Å². The number of nitrogens with zero attached hydrogens (tertiary/aromatic N) is 1. The fourth-order valence-corrected chi connectivity index (χ4v) is 2.35. The lowest BCUT2D eigenvalue weighted by atomic mass is 10.1. The lowest BCUT2D eigenvalue weighted by Gasteiger charge is -2.26. The molecule has 0 spiro atoms. The molecule has 0 bridgehead atoms. The van der Waals surface area contributed by atoms with E-state index in [1.54, 1.807) is 6.07 Å². The lowest BCUT2D eigenvalue weighted by molar-refractivity contribution is 0.597. The topological polar surface area (TPSA) is 89.4 Å². The number of sulfonamides is 1. The first-order valence-electron chi connectivity index (χ1n) is 5.93. The standard InChI is InChI=1S/C12H21N3O2S/c1-4-15(8-9(2)3)12-7-10(18(14,16)17)5-6-11(12)13/h5-7,9H,4,8,13H2,1-3H3,(H2,14,16,17). The van der Waals surface area contributed by atoms with Crippen LogP contribution in [0.5, 0.6) is 0 Å². The van der Waals surface area contributed by atoms with Crippen LogP contribution in [0.4, 0.5) is 11.4 Å². The molecule has 4 N–H and O–H groups in total. The van der Waals surface area contributed by atoms with Gasteiger partial charge in [-0.1, -0.05) is 13.8 Å². The van der Waals surface area contributed by atoms with Gasteiger partial charge in [0.25, 0.3) is 0 Å². The highest BCUT2D eigenvalue weighted by Crippen LogP contribution is 2.26. The van der Waals surface area contributed by atoms with Gasteiger partial charge in [0.2, 0.25) is 10.0 Å². The summed E-state index contributed by atoms with van der Waals surface area (Å²) in [5.74, 6) is 0.461. The predicted molar refractivity (Wildman–Crippen MR) is 75.0 cm³/mol. The van der Waals surface area contributed by atoms with Gasteiger partial charge in [-0.15, -0.1) is 0 Å². The fraction of sp³-hybridized carbons (Fsp3) is 0.500. The number of hydrogen-bond donors (Lipinski definition) is 2. The van der Waals surface area contributed by atoms with E-state index in [1.807, 2.05) is 6.92 Å². The Labute approximate surface area is 109 Å². The number of anilines is 2. The first kappa shape index (κ1) is 14.8. The van der Waals surface area contributed by atoms with E-state index in [9.17, 15) is 8.42 Å². The molecule has 0 unspecified atom stereocenters. The summed E-state index contributed by atoms with van der Waals surface area (Å²) in [6.07, 6.45) is 0. The predicted octanol–water partition coefficient (Wildman–Crippen LogP) is 1.40. The molecule has 1 aromatic carbocycles. The van der Waals surface area contributed by atoms with Gasteiger partial charge < -0.3 is 10.6 Å². The molecule has 102 valence electrons. The molecule has 1 aromatic rings. The van der Waals surface area contributed by atoms with Gasteiger partial charge in [0.15, 0.2) is 0 Å². The fourth-order valence-electron chi connectivity index (χ4n) is 1.81. The first-order valence-corrected chi connectivity index (χ1v) is 7.47. The van der Waals surface area contributed by atoms with E-state index in [2.05, 4.69) is 18.7 Å². The van der Waals surface area contributed by atoms with Crippen molar-refractivity contribution in [3.05, 3.63) is 18.2 Å². The van der Waals surface area contributed by atoms with E-state index in [-0.39, 0.29) is 4.90 Å². The molecule has 0 fully saturated rings. The number of benzene rings is 1. The lowest BCUT2D eigenvalue weighted by Crippen LogP contribution is -2.28. The summed E-state index contributed by atoms with van der Waals surface area (Å²) in [4.78, 5) is 2.14. The SMILES string of the molecule is CCN(CC(C)C)c1cc(S(N)(=O)=O)ccc1N. The highest BCUT2D eigenvalue weighted by molar-refractivity contribution is 7.89. The van der Waals surface area contributed by atoms with Crippen LogP contribution in [0.1, 0.15) is 20.8 Å². The van der Waals surface area contributed by atoms with Crippen LogP contribution < -0.4 is 15.8 Å². The highest BCUT2D eigenvalue weighted by atomic mass is 32.2. The molecule has 5 nitrogen and oxygen atoms in total. The molecular formula is C12H21N3O2S. The summed E-state index contributed by atoms with van der Waals surface area (Å²) in [7, 11) is -3.69. The van der Waals surface area contributed by atoms with Crippen LogP contribution >= 0.6 is 0 Å². The average Bonchev–Trinajstić information content (AvgIpc) is 2.25. The van der Waals surface area contributed by atoms with E-state index < -0.39 is 10.0 Å². The third kappa shape index (κ3) is 3.61. The van der Waals surface area contributed by atoms with Gasteiger partial charge in [0, 0.05) is 13.1 Å². The molecule has 0 aliphatic heterocycles. The van der Waals surface area contributed by atoms with Crippen LogP contribution in [0.2, 0.25) is 0 Å². The number of primary sulfonamides is 1. The van der Waals surface area contributed by atoms with Crippen molar-refractivity contribution >= 4 is 21.4 Å². The molecule has 6 heteroatoms. The van der Waals surface area contributed by atoms with Crippen LogP contribution in [0.25, 0.3) is 0 Å².